The van der Waals surface area contributed by atoms with Gasteiger partial charge in [-0.3, -0.25) is 4.79 Å². The standard InChI is InChI=1S/C16H14N2O6S/c1-7-4-5-23-11(7)15(20)24-6-9-17-13(19)10-8(2)12(16(21)22-3)25-14(10)18-9/h4-5H,6H2,1-3H3,(H,17,18,19). The van der Waals surface area contributed by atoms with Crippen molar-refractivity contribution >= 4 is 33.5 Å². The second kappa shape index (κ2) is 6.52. The Morgan fingerprint density at radius 3 is 2.72 bits per heavy atom. The maximum atomic E-state index is 12.3. The highest BCUT2D eigenvalue weighted by atomic mass is 32.1. The molecule has 3 rings (SSSR count). The number of fused-ring (bicyclic) bond motifs is 1. The molecule has 0 saturated carbocycles. The predicted molar refractivity (Wildman–Crippen MR) is 88.9 cm³/mol. The first-order chi connectivity index (χ1) is 11.9. The number of hydrogen-bond donors (Lipinski definition) is 1. The quantitative estimate of drug-likeness (QED) is 0.709. The van der Waals surface area contributed by atoms with Gasteiger partial charge in [0.1, 0.15) is 22.1 Å². The van der Waals surface area contributed by atoms with Gasteiger partial charge >= 0.3 is 11.9 Å². The van der Waals surface area contributed by atoms with E-state index in [-0.39, 0.29) is 18.2 Å². The zero-order valence-corrected chi connectivity index (χ0v) is 14.5. The summed E-state index contributed by atoms with van der Waals surface area (Å²) in [6, 6.07) is 1.64. The van der Waals surface area contributed by atoms with Gasteiger partial charge in [0, 0.05) is 5.56 Å². The summed E-state index contributed by atoms with van der Waals surface area (Å²) in [5.74, 6) is -0.903. The third-order valence-electron chi connectivity index (χ3n) is 3.61. The number of aryl methyl sites for hydroxylation is 2. The Balaban J connectivity index is 1.88. The highest BCUT2D eigenvalue weighted by Gasteiger charge is 2.20. The van der Waals surface area contributed by atoms with Crippen molar-refractivity contribution in [3.63, 3.8) is 0 Å². The summed E-state index contributed by atoms with van der Waals surface area (Å²) in [5.41, 5.74) is 0.753. The minimum atomic E-state index is -0.650. The lowest BCUT2D eigenvalue weighted by Crippen LogP contribution is -2.14. The zero-order valence-electron chi connectivity index (χ0n) is 13.7. The molecule has 0 fully saturated rings. The van der Waals surface area contributed by atoms with E-state index in [1.165, 1.54) is 13.4 Å². The van der Waals surface area contributed by atoms with Crippen molar-refractivity contribution in [2.45, 2.75) is 20.5 Å². The first-order valence-electron chi connectivity index (χ1n) is 7.24. The summed E-state index contributed by atoms with van der Waals surface area (Å²) in [6.07, 6.45) is 1.39. The van der Waals surface area contributed by atoms with Gasteiger partial charge in [-0.2, -0.15) is 0 Å². The van der Waals surface area contributed by atoms with Crippen LogP contribution in [0, 0.1) is 13.8 Å². The first-order valence-corrected chi connectivity index (χ1v) is 8.05. The molecule has 0 atom stereocenters. The fraction of sp³-hybridized carbons (Fsp3) is 0.250. The van der Waals surface area contributed by atoms with E-state index in [9.17, 15) is 14.4 Å². The highest BCUT2D eigenvalue weighted by molar-refractivity contribution is 7.20. The van der Waals surface area contributed by atoms with E-state index in [0.29, 0.717) is 26.2 Å². The number of hydrogen-bond acceptors (Lipinski definition) is 8. The zero-order chi connectivity index (χ0) is 18.1. The van der Waals surface area contributed by atoms with Crippen molar-refractivity contribution in [3.8, 4) is 0 Å². The lowest BCUT2D eigenvalue weighted by atomic mass is 10.2. The van der Waals surface area contributed by atoms with Crippen LogP contribution in [0.3, 0.4) is 0 Å². The van der Waals surface area contributed by atoms with Crippen LogP contribution in [0.25, 0.3) is 10.2 Å². The second-order valence-electron chi connectivity index (χ2n) is 5.25. The molecule has 0 radical (unpaired) electrons. The number of nitrogens with zero attached hydrogens (tertiary/aromatic N) is 1. The van der Waals surface area contributed by atoms with Crippen LogP contribution in [0.4, 0.5) is 0 Å². The Labute approximate surface area is 145 Å². The van der Waals surface area contributed by atoms with Crippen LogP contribution in [0.2, 0.25) is 0 Å². The molecule has 130 valence electrons. The summed E-state index contributed by atoms with van der Waals surface area (Å²) in [5, 5.41) is 0.322. The maximum absolute atomic E-state index is 12.3. The topological polar surface area (TPSA) is 111 Å². The summed E-state index contributed by atoms with van der Waals surface area (Å²) < 4.78 is 14.9. The van der Waals surface area contributed by atoms with Crippen molar-refractivity contribution in [2.75, 3.05) is 7.11 Å². The lowest BCUT2D eigenvalue weighted by molar-refractivity contribution is 0.0424. The van der Waals surface area contributed by atoms with Gasteiger partial charge in [-0.15, -0.1) is 11.3 Å². The molecule has 1 N–H and O–H groups in total. The molecule has 0 aliphatic rings. The molecule has 3 aromatic rings. The van der Waals surface area contributed by atoms with Crippen LogP contribution in [-0.2, 0) is 16.1 Å². The fourth-order valence-corrected chi connectivity index (χ4v) is 3.44. The molecule has 9 heteroatoms. The van der Waals surface area contributed by atoms with E-state index >= 15 is 0 Å². The molecule has 0 unspecified atom stereocenters. The number of carbonyl (C=O) groups is 2. The number of methoxy groups -OCH3 is 1. The van der Waals surface area contributed by atoms with Gasteiger partial charge in [-0.05, 0) is 25.5 Å². The van der Waals surface area contributed by atoms with Crippen LogP contribution in [-0.4, -0.2) is 29.0 Å². The number of nitrogens with one attached hydrogen (secondary N) is 1. The number of rotatable bonds is 4. The second-order valence-corrected chi connectivity index (χ2v) is 6.25. The summed E-state index contributed by atoms with van der Waals surface area (Å²) in [4.78, 5) is 43.5. The van der Waals surface area contributed by atoms with Gasteiger partial charge < -0.3 is 18.9 Å². The molecule has 25 heavy (non-hydrogen) atoms. The third kappa shape index (κ3) is 3.05. The Hall–Kier alpha value is -2.94. The predicted octanol–water partition coefficient (Wildman–Crippen LogP) is 2.34. The molecular weight excluding hydrogens is 348 g/mol. The van der Waals surface area contributed by atoms with Gasteiger partial charge in [0.2, 0.25) is 5.76 Å². The van der Waals surface area contributed by atoms with Gasteiger partial charge in [-0.1, -0.05) is 0 Å². The van der Waals surface area contributed by atoms with Crippen LogP contribution in [0.5, 0.6) is 0 Å². The molecule has 8 nitrogen and oxygen atoms in total. The summed E-state index contributed by atoms with van der Waals surface area (Å²) >= 11 is 1.05. The average Bonchev–Trinajstić information content (AvgIpc) is 3.15. The van der Waals surface area contributed by atoms with Crippen LogP contribution < -0.4 is 5.56 Å². The van der Waals surface area contributed by atoms with Crippen LogP contribution in [0.1, 0.15) is 37.2 Å². The van der Waals surface area contributed by atoms with E-state index in [4.69, 9.17) is 13.9 Å². The van der Waals surface area contributed by atoms with Gasteiger partial charge in [0.25, 0.3) is 5.56 Å². The monoisotopic (exact) mass is 362 g/mol. The van der Waals surface area contributed by atoms with Crippen molar-refractivity contribution in [2.24, 2.45) is 0 Å². The number of H-pyrrole nitrogens is 1. The van der Waals surface area contributed by atoms with Crippen LogP contribution in [0.15, 0.2) is 21.5 Å². The SMILES string of the molecule is COC(=O)c1sc2nc(COC(=O)c3occc3C)[nH]c(=O)c2c1C. The largest absolute Gasteiger partial charge is 0.465 e. The van der Waals surface area contributed by atoms with E-state index in [2.05, 4.69) is 9.97 Å². The lowest BCUT2D eigenvalue weighted by Gasteiger charge is -2.03. The Kier molecular flexibility index (Phi) is 4.41. The average molecular weight is 362 g/mol. The number of carbonyl (C=O) groups excluding carboxylic acids is 2. The molecule has 3 heterocycles. The minimum Gasteiger partial charge on any atom is -0.465 e. The molecule has 0 aliphatic heterocycles. The highest BCUT2D eigenvalue weighted by Crippen LogP contribution is 2.27. The van der Waals surface area contributed by atoms with Gasteiger partial charge in [0.05, 0.1) is 18.8 Å². The molecule has 0 aliphatic carbocycles. The minimum absolute atomic E-state index is 0.100. The number of furan rings is 1. The van der Waals surface area contributed by atoms with Crippen molar-refractivity contribution in [3.05, 3.63) is 50.3 Å². The smallest absolute Gasteiger partial charge is 0.374 e. The Bertz CT molecular complexity index is 1030. The van der Waals surface area contributed by atoms with E-state index in [1.54, 1.807) is 19.9 Å². The van der Waals surface area contributed by atoms with Gasteiger partial charge in [0.15, 0.2) is 0 Å². The van der Waals surface area contributed by atoms with Crippen molar-refractivity contribution in [1.82, 2.24) is 9.97 Å². The summed E-state index contributed by atoms with van der Waals surface area (Å²) in [6.45, 7) is 3.14. The molecule has 0 aromatic carbocycles. The fourth-order valence-electron chi connectivity index (χ4n) is 2.33. The molecule has 0 amide bonds. The summed E-state index contributed by atoms with van der Waals surface area (Å²) in [7, 11) is 1.27. The molecule has 0 bridgehead atoms. The number of aromatic amines is 1. The molecule has 0 saturated heterocycles. The van der Waals surface area contributed by atoms with E-state index < -0.39 is 17.5 Å². The van der Waals surface area contributed by atoms with E-state index in [1.807, 2.05) is 0 Å². The van der Waals surface area contributed by atoms with Gasteiger partial charge in [-0.25, -0.2) is 14.6 Å². The van der Waals surface area contributed by atoms with Crippen molar-refractivity contribution in [1.29, 1.82) is 0 Å². The molecular formula is C16H14N2O6S. The normalized spacial score (nSPS) is 10.8. The molecule has 0 spiro atoms. The number of thiophene rings is 1. The Morgan fingerprint density at radius 2 is 2.08 bits per heavy atom. The van der Waals surface area contributed by atoms with Crippen molar-refractivity contribution < 1.29 is 23.5 Å². The Morgan fingerprint density at radius 1 is 1.32 bits per heavy atom. The first kappa shape index (κ1) is 16.9. The van der Waals surface area contributed by atoms with E-state index in [0.717, 1.165) is 11.3 Å². The maximum Gasteiger partial charge on any atom is 0.374 e. The number of esters is 2. The third-order valence-corrected chi connectivity index (χ3v) is 4.77. The number of aromatic nitrogens is 2. The number of ether oxygens (including phenoxy) is 2. The molecule has 3 aromatic heterocycles. The van der Waals surface area contributed by atoms with Crippen LogP contribution >= 0.6 is 11.3 Å².